The molecule has 8 heteroatoms. The topological polar surface area (TPSA) is 72.7 Å². The van der Waals surface area contributed by atoms with Gasteiger partial charge in [-0.25, -0.2) is 13.6 Å². The van der Waals surface area contributed by atoms with E-state index in [9.17, 15) is 23.7 Å². The van der Waals surface area contributed by atoms with E-state index in [1.807, 2.05) is 0 Å². The van der Waals surface area contributed by atoms with Crippen LogP contribution in [0.25, 0.3) is 0 Å². The van der Waals surface area contributed by atoms with Crippen LogP contribution in [0.3, 0.4) is 0 Å². The number of carbonyl (C=O) groups is 1. The lowest BCUT2D eigenvalue weighted by Crippen LogP contribution is -2.36. The van der Waals surface area contributed by atoms with Crippen LogP contribution in [0, 0.1) is 16.0 Å². The number of carbonyl (C=O) groups excluding carboxylic acids is 1. The number of esters is 1. The fourth-order valence-electron chi connectivity index (χ4n) is 2.57. The molecule has 1 aromatic rings. The SMILES string of the molecule is COC(=O)c1ccc([N+](=O)[O-])cc1N1CCC(C(F)F)CC1. The summed E-state index contributed by atoms with van der Waals surface area (Å²) in [6, 6.07) is 3.84. The van der Waals surface area contributed by atoms with E-state index in [2.05, 4.69) is 4.74 Å². The van der Waals surface area contributed by atoms with E-state index in [1.54, 1.807) is 4.90 Å². The van der Waals surface area contributed by atoms with Crippen molar-refractivity contribution in [2.24, 2.45) is 5.92 Å². The van der Waals surface area contributed by atoms with E-state index in [0.717, 1.165) is 0 Å². The first kappa shape index (κ1) is 16.1. The third kappa shape index (κ3) is 3.32. The summed E-state index contributed by atoms with van der Waals surface area (Å²) in [5, 5.41) is 10.9. The number of nitrogens with zero attached hydrogens (tertiary/aromatic N) is 2. The van der Waals surface area contributed by atoms with Gasteiger partial charge in [-0.3, -0.25) is 10.1 Å². The number of nitro benzene ring substituents is 1. The Morgan fingerprint density at radius 1 is 1.41 bits per heavy atom. The maximum absolute atomic E-state index is 12.7. The summed E-state index contributed by atoms with van der Waals surface area (Å²) in [4.78, 5) is 23.9. The Morgan fingerprint density at radius 3 is 2.55 bits per heavy atom. The van der Waals surface area contributed by atoms with Gasteiger partial charge < -0.3 is 9.64 Å². The number of nitro groups is 1. The Balaban J connectivity index is 2.29. The summed E-state index contributed by atoms with van der Waals surface area (Å²) in [5.41, 5.74) is 0.399. The highest BCUT2D eigenvalue weighted by Gasteiger charge is 2.29. The Labute approximate surface area is 125 Å². The Morgan fingerprint density at radius 2 is 2.05 bits per heavy atom. The van der Waals surface area contributed by atoms with E-state index >= 15 is 0 Å². The number of ether oxygens (including phenoxy) is 1. The van der Waals surface area contributed by atoms with Gasteiger partial charge in [0, 0.05) is 31.1 Å². The number of rotatable bonds is 4. The Hall–Kier alpha value is -2.25. The molecule has 0 aliphatic carbocycles. The summed E-state index contributed by atoms with van der Waals surface area (Å²) >= 11 is 0. The van der Waals surface area contributed by atoms with Crippen molar-refractivity contribution >= 4 is 17.3 Å². The smallest absolute Gasteiger partial charge is 0.339 e. The normalized spacial score (nSPS) is 15.9. The molecule has 0 atom stereocenters. The van der Waals surface area contributed by atoms with Crippen molar-refractivity contribution in [1.82, 2.24) is 0 Å². The minimum absolute atomic E-state index is 0.154. The molecule has 120 valence electrons. The monoisotopic (exact) mass is 314 g/mol. The quantitative estimate of drug-likeness (QED) is 0.485. The molecule has 0 bridgehead atoms. The summed E-state index contributed by atoms with van der Waals surface area (Å²) < 4.78 is 30.1. The molecule has 1 saturated heterocycles. The van der Waals surface area contributed by atoms with Gasteiger partial charge in [0.1, 0.15) is 0 Å². The molecule has 0 saturated carbocycles. The van der Waals surface area contributed by atoms with Crippen molar-refractivity contribution in [2.45, 2.75) is 19.3 Å². The maximum Gasteiger partial charge on any atom is 0.339 e. The van der Waals surface area contributed by atoms with E-state index < -0.39 is 23.2 Å². The van der Waals surface area contributed by atoms with Crippen LogP contribution < -0.4 is 4.90 Å². The minimum Gasteiger partial charge on any atom is -0.465 e. The van der Waals surface area contributed by atoms with E-state index in [-0.39, 0.29) is 24.1 Å². The third-order valence-electron chi connectivity index (χ3n) is 3.83. The molecule has 0 unspecified atom stereocenters. The average molecular weight is 314 g/mol. The summed E-state index contributed by atoms with van der Waals surface area (Å²) in [5.74, 6) is -1.28. The summed E-state index contributed by atoms with van der Waals surface area (Å²) in [6.45, 7) is 0.639. The zero-order chi connectivity index (χ0) is 16.3. The fraction of sp³-hybridized carbons (Fsp3) is 0.500. The molecule has 2 rings (SSSR count). The zero-order valence-corrected chi connectivity index (χ0v) is 12.0. The van der Waals surface area contributed by atoms with Crippen molar-refractivity contribution in [3.63, 3.8) is 0 Å². The predicted molar refractivity (Wildman–Crippen MR) is 75.4 cm³/mol. The van der Waals surface area contributed by atoms with Crippen molar-refractivity contribution in [3.8, 4) is 0 Å². The van der Waals surface area contributed by atoms with Crippen LogP contribution in [-0.4, -0.2) is 37.5 Å². The number of methoxy groups -OCH3 is 1. The van der Waals surface area contributed by atoms with Crippen LogP contribution in [0.2, 0.25) is 0 Å². The molecule has 1 fully saturated rings. The van der Waals surface area contributed by atoms with Gasteiger partial charge in [0.15, 0.2) is 0 Å². The third-order valence-corrected chi connectivity index (χ3v) is 3.83. The van der Waals surface area contributed by atoms with Crippen molar-refractivity contribution in [1.29, 1.82) is 0 Å². The molecule has 6 nitrogen and oxygen atoms in total. The number of alkyl halides is 2. The average Bonchev–Trinajstić information content (AvgIpc) is 2.53. The fourth-order valence-corrected chi connectivity index (χ4v) is 2.57. The van der Waals surface area contributed by atoms with E-state index in [1.165, 1.54) is 25.3 Å². The summed E-state index contributed by atoms with van der Waals surface area (Å²) in [7, 11) is 1.22. The first-order valence-electron chi connectivity index (χ1n) is 6.84. The number of piperidine rings is 1. The molecule has 0 amide bonds. The van der Waals surface area contributed by atoms with Gasteiger partial charge in [-0.2, -0.15) is 0 Å². The van der Waals surface area contributed by atoms with Crippen LogP contribution in [0.5, 0.6) is 0 Å². The largest absolute Gasteiger partial charge is 0.465 e. The Bertz CT molecular complexity index is 572. The van der Waals surface area contributed by atoms with Crippen molar-refractivity contribution in [2.75, 3.05) is 25.1 Å². The second kappa shape index (κ2) is 6.67. The number of anilines is 1. The molecule has 1 heterocycles. The second-order valence-electron chi connectivity index (χ2n) is 5.11. The van der Waals surface area contributed by atoms with Gasteiger partial charge in [-0.15, -0.1) is 0 Å². The van der Waals surface area contributed by atoms with Gasteiger partial charge in [0.05, 0.1) is 23.3 Å². The van der Waals surface area contributed by atoms with Gasteiger partial charge in [0.25, 0.3) is 5.69 Å². The highest BCUT2D eigenvalue weighted by molar-refractivity contribution is 5.96. The molecule has 1 aromatic carbocycles. The first-order chi connectivity index (χ1) is 10.4. The standard InChI is InChI=1S/C14H16F2N2O4/c1-22-14(19)11-3-2-10(18(20)21)8-12(11)17-6-4-9(5-7-17)13(15)16/h2-3,8-9,13H,4-7H2,1H3. The van der Waals surface area contributed by atoms with Gasteiger partial charge >= 0.3 is 5.97 Å². The molecule has 22 heavy (non-hydrogen) atoms. The van der Waals surface area contributed by atoms with E-state index in [4.69, 9.17) is 0 Å². The molecule has 0 spiro atoms. The molecule has 0 radical (unpaired) electrons. The molecular weight excluding hydrogens is 298 g/mol. The van der Waals surface area contributed by atoms with Crippen LogP contribution in [-0.2, 0) is 4.74 Å². The lowest BCUT2D eigenvalue weighted by atomic mass is 9.96. The molecule has 1 aliphatic rings. The number of benzene rings is 1. The van der Waals surface area contributed by atoms with Gasteiger partial charge in [0.2, 0.25) is 6.43 Å². The lowest BCUT2D eigenvalue weighted by molar-refractivity contribution is -0.384. The van der Waals surface area contributed by atoms with E-state index in [0.29, 0.717) is 18.8 Å². The molecular formula is C14H16F2N2O4. The first-order valence-corrected chi connectivity index (χ1v) is 6.84. The number of non-ortho nitro benzene ring substituents is 1. The predicted octanol–water partition coefficient (Wildman–Crippen LogP) is 2.86. The number of halogens is 2. The molecule has 1 aliphatic heterocycles. The maximum atomic E-state index is 12.7. The van der Waals surface area contributed by atoms with Crippen LogP contribution in [0.15, 0.2) is 18.2 Å². The number of hydrogen-bond donors (Lipinski definition) is 0. The van der Waals surface area contributed by atoms with Crippen molar-refractivity contribution < 1.29 is 23.2 Å². The second-order valence-corrected chi connectivity index (χ2v) is 5.11. The van der Waals surface area contributed by atoms with Gasteiger partial charge in [-0.1, -0.05) is 0 Å². The lowest BCUT2D eigenvalue weighted by Gasteiger charge is -2.33. The molecule has 0 aromatic heterocycles. The molecule has 0 N–H and O–H groups in total. The highest BCUT2D eigenvalue weighted by atomic mass is 19.3. The van der Waals surface area contributed by atoms with Crippen LogP contribution in [0.4, 0.5) is 20.2 Å². The number of hydrogen-bond acceptors (Lipinski definition) is 5. The minimum atomic E-state index is -2.37. The Kier molecular flexibility index (Phi) is 4.89. The van der Waals surface area contributed by atoms with Crippen LogP contribution >= 0.6 is 0 Å². The zero-order valence-electron chi connectivity index (χ0n) is 12.0. The summed E-state index contributed by atoms with van der Waals surface area (Å²) in [6.07, 6.45) is -1.81. The van der Waals surface area contributed by atoms with Crippen molar-refractivity contribution in [3.05, 3.63) is 33.9 Å². The van der Waals surface area contributed by atoms with Gasteiger partial charge in [-0.05, 0) is 18.9 Å². The van der Waals surface area contributed by atoms with Crippen LogP contribution in [0.1, 0.15) is 23.2 Å². The highest BCUT2D eigenvalue weighted by Crippen LogP contribution is 2.32.